The van der Waals surface area contributed by atoms with Crippen LogP contribution in [0.1, 0.15) is 40.9 Å². The molecule has 10 nitrogen and oxygen atoms in total. The van der Waals surface area contributed by atoms with Crippen molar-refractivity contribution in [3.8, 4) is 0 Å². The number of aliphatic hydroxyl groups excluding tert-OH is 1. The molecule has 1 N–H and O–H groups in total. The number of fused-ring (bicyclic) bond motifs is 1. The zero-order valence-electron chi connectivity index (χ0n) is 25.8. The van der Waals surface area contributed by atoms with E-state index in [4.69, 9.17) is 16.7 Å². The van der Waals surface area contributed by atoms with Gasteiger partial charge in [0.2, 0.25) is 17.7 Å². The lowest BCUT2D eigenvalue weighted by Gasteiger charge is -2.31. The van der Waals surface area contributed by atoms with Crippen molar-refractivity contribution in [3.63, 3.8) is 0 Å². The Kier molecular flexibility index (Phi) is 10.4. The minimum absolute atomic E-state index is 0.00925. The van der Waals surface area contributed by atoms with E-state index in [0.29, 0.717) is 36.0 Å². The van der Waals surface area contributed by atoms with Crippen molar-refractivity contribution in [1.82, 2.24) is 14.9 Å². The van der Waals surface area contributed by atoms with E-state index in [1.54, 1.807) is 36.3 Å². The summed E-state index contributed by atoms with van der Waals surface area (Å²) in [5.41, 5.74) is 2.73. The van der Waals surface area contributed by atoms with Crippen LogP contribution < -0.4 is 14.7 Å². The highest BCUT2D eigenvalue weighted by Crippen LogP contribution is 2.39. The second-order valence-corrected chi connectivity index (χ2v) is 11.3. The summed E-state index contributed by atoms with van der Waals surface area (Å²) < 4.78 is 40.6. The number of benzene rings is 1. The third-order valence-corrected chi connectivity index (χ3v) is 8.08. The third-order valence-electron chi connectivity index (χ3n) is 7.77. The van der Waals surface area contributed by atoms with Crippen molar-refractivity contribution in [2.24, 2.45) is 0 Å². The Balaban J connectivity index is 0.00000235. The van der Waals surface area contributed by atoms with Crippen molar-refractivity contribution in [2.45, 2.75) is 51.6 Å². The number of hydrogen-bond donors (Lipinski definition) is 1. The van der Waals surface area contributed by atoms with E-state index in [9.17, 15) is 27.6 Å². The van der Waals surface area contributed by atoms with E-state index in [-0.39, 0.29) is 30.3 Å². The summed E-state index contributed by atoms with van der Waals surface area (Å²) >= 11 is 6.66. The Morgan fingerprint density at radius 1 is 1.17 bits per heavy atom. The first-order chi connectivity index (χ1) is 21.8. The number of alkyl halides is 3. The number of aromatic nitrogens is 2. The molecule has 0 unspecified atom stereocenters. The fourth-order valence-electron chi connectivity index (χ4n) is 5.67. The molecule has 0 aliphatic carbocycles. The number of aryl methyl sites for hydroxylation is 1. The highest BCUT2D eigenvalue weighted by molar-refractivity contribution is 6.34. The molecule has 2 aromatic heterocycles. The molecular formula is C32H34ClF3N6O4. The number of hydrogen-bond acceptors (Lipinski definition) is 7. The Bertz CT molecular complexity index is 1670. The zero-order valence-corrected chi connectivity index (χ0v) is 26.6. The summed E-state index contributed by atoms with van der Waals surface area (Å²) in [5, 5.41) is 7.37. The summed E-state index contributed by atoms with van der Waals surface area (Å²) in [6, 6.07) is 7.71. The number of likely N-dealkylation sites (N-methyl/N-ethyl adjacent to an activating group) is 1. The van der Waals surface area contributed by atoms with Gasteiger partial charge in [0.15, 0.2) is 0 Å². The molecule has 1 aromatic carbocycles. The number of pyridine rings is 2. The molecule has 0 bridgehead atoms. The molecule has 14 heteroatoms. The standard InChI is InChI=1S/C31H30ClF3N6O3.CH4O/c1-5-27(42)40-16-20-12-19(14-36-23(20)17-40)15-38(3)29-22(32)7-6-8-24(29)39(4)30(44)25-9-10-28(43)41(25)26-13-21(31(33,34)35)11-18(2)37-26;1-2/h5-8,11-14,25H,1,9-10,15-17H2,2-4H3;2H,1H3/t25-;/m0./s1. The molecule has 2 aliphatic rings. The maximum absolute atomic E-state index is 13.9. The summed E-state index contributed by atoms with van der Waals surface area (Å²) in [6.07, 6.45) is -1.52. The lowest BCUT2D eigenvalue weighted by Crippen LogP contribution is -2.46. The molecule has 1 saturated heterocycles. The maximum Gasteiger partial charge on any atom is 0.416 e. The number of carbonyl (C=O) groups excluding carboxylic acids is 3. The average molecular weight is 659 g/mol. The van der Waals surface area contributed by atoms with Gasteiger partial charge in [0.25, 0.3) is 0 Å². The molecule has 0 radical (unpaired) electrons. The van der Waals surface area contributed by atoms with Gasteiger partial charge in [0.1, 0.15) is 11.9 Å². The molecule has 1 atom stereocenters. The van der Waals surface area contributed by atoms with Gasteiger partial charge in [-0.15, -0.1) is 0 Å². The van der Waals surface area contributed by atoms with Crippen LogP contribution in [-0.2, 0) is 40.2 Å². The smallest absolute Gasteiger partial charge is 0.400 e. The molecular weight excluding hydrogens is 625 g/mol. The van der Waals surface area contributed by atoms with Gasteiger partial charge in [-0.3, -0.25) is 24.3 Å². The Hall–Kier alpha value is -4.49. The van der Waals surface area contributed by atoms with Crippen LogP contribution in [0.5, 0.6) is 0 Å². The minimum atomic E-state index is -4.64. The third kappa shape index (κ3) is 7.00. The number of rotatable bonds is 7. The highest BCUT2D eigenvalue weighted by Gasteiger charge is 2.41. The predicted molar refractivity (Wildman–Crippen MR) is 168 cm³/mol. The van der Waals surface area contributed by atoms with E-state index in [2.05, 4.69) is 16.5 Å². The summed E-state index contributed by atoms with van der Waals surface area (Å²) in [6.45, 7) is 6.16. The number of anilines is 3. The first-order valence-corrected chi connectivity index (χ1v) is 14.6. The largest absolute Gasteiger partial charge is 0.416 e. The SMILES string of the molecule is C=CC(=O)N1Cc2cc(CN(C)c3c(Cl)cccc3N(C)C(=O)[C@@H]3CCC(=O)N3c3cc(C(F)(F)F)cc(C)n3)cnc2C1.CO. The molecule has 3 amide bonds. The van der Waals surface area contributed by atoms with Gasteiger partial charge in [-0.2, -0.15) is 13.2 Å². The number of carbonyl (C=O) groups is 3. The van der Waals surface area contributed by atoms with Crippen LogP contribution in [0.4, 0.5) is 30.4 Å². The van der Waals surface area contributed by atoms with E-state index >= 15 is 0 Å². The van der Waals surface area contributed by atoms with E-state index < -0.39 is 29.6 Å². The predicted octanol–water partition coefficient (Wildman–Crippen LogP) is 4.89. The van der Waals surface area contributed by atoms with Crippen LogP contribution >= 0.6 is 11.6 Å². The normalized spacial score (nSPS) is 15.7. The first-order valence-electron chi connectivity index (χ1n) is 14.3. The van der Waals surface area contributed by atoms with Crippen molar-refractivity contribution in [2.75, 3.05) is 35.9 Å². The van der Waals surface area contributed by atoms with Crippen LogP contribution in [0.2, 0.25) is 5.02 Å². The molecule has 4 heterocycles. The summed E-state index contributed by atoms with van der Waals surface area (Å²) in [4.78, 5) is 53.5. The van der Waals surface area contributed by atoms with Gasteiger partial charge in [-0.25, -0.2) is 4.98 Å². The van der Waals surface area contributed by atoms with Crippen molar-refractivity contribution in [3.05, 3.63) is 88.4 Å². The molecule has 5 rings (SSSR count). The molecule has 3 aromatic rings. The van der Waals surface area contributed by atoms with E-state index in [1.807, 2.05) is 18.0 Å². The fraction of sp³-hybridized carbons (Fsp3) is 0.344. The van der Waals surface area contributed by atoms with Crippen LogP contribution in [0.15, 0.2) is 55.3 Å². The summed E-state index contributed by atoms with van der Waals surface area (Å²) in [5.74, 6) is -1.36. The van der Waals surface area contributed by atoms with Gasteiger partial charge in [-0.1, -0.05) is 24.2 Å². The van der Waals surface area contributed by atoms with Gasteiger partial charge in [0, 0.05) is 52.6 Å². The minimum Gasteiger partial charge on any atom is -0.400 e. The quantitative estimate of drug-likeness (QED) is 0.360. The van der Waals surface area contributed by atoms with Crippen molar-refractivity contribution >= 4 is 46.5 Å². The van der Waals surface area contributed by atoms with E-state index in [0.717, 1.165) is 41.0 Å². The van der Waals surface area contributed by atoms with Crippen molar-refractivity contribution < 1.29 is 32.7 Å². The molecule has 0 spiro atoms. The Morgan fingerprint density at radius 3 is 2.57 bits per heavy atom. The van der Waals surface area contributed by atoms with Crippen LogP contribution in [0, 0.1) is 6.92 Å². The number of halogens is 4. The molecule has 0 saturated carbocycles. The summed E-state index contributed by atoms with van der Waals surface area (Å²) in [7, 11) is 4.35. The molecule has 46 heavy (non-hydrogen) atoms. The second kappa shape index (κ2) is 13.9. The monoisotopic (exact) mass is 658 g/mol. The van der Waals surface area contributed by atoms with Gasteiger partial charge in [0.05, 0.1) is 34.2 Å². The Morgan fingerprint density at radius 2 is 1.89 bits per heavy atom. The molecule has 2 aliphatic heterocycles. The molecule has 1 fully saturated rings. The maximum atomic E-state index is 13.9. The van der Waals surface area contributed by atoms with E-state index in [1.165, 1.54) is 17.9 Å². The lowest BCUT2D eigenvalue weighted by atomic mass is 10.1. The topological polar surface area (TPSA) is 110 Å². The first kappa shape index (κ1) is 34.4. The van der Waals surface area contributed by atoms with Crippen molar-refractivity contribution in [1.29, 1.82) is 0 Å². The number of para-hydroxylation sites is 1. The van der Waals surface area contributed by atoms with Crippen LogP contribution in [-0.4, -0.2) is 64.9 Å². The zero-order chi connectivity index (χ0) is 33.9. The van der Waals surface area contributed by atoms with Gasteiger partial charge < -0.3 is 19.8 Å². The van der Waals surface area contributed by atoms with Crippen LogP contribution in [0.25, 0.3) is 0 Å². The average Bonchev–Trinajstić information content (AvgIpc) is 3.63. The number of amides is 3. The molecule has 244 valence electrons. The van der Waals surface area contributed by atoms with Gasteiger partial charge in [-0.05, 0) is 60.9 Å². The Labute approximate surface area is 269 Å². The second-order valence-electron chi connectivity index (χ2n) is 10.9. The number of aliphatic hydroxyl groups is 1. The van der Waals surface area contributed by atoms with Gasteiger partial charge >= 0.3 is 6.18 Å². The fourth-order valence-corrected chi connectivity index (χ4v) is 5.99. The lowest BCUT2D eigenvalue weighted by molar-refractivity contribution is -0.137. The highest BCUT2D eigenvalue weighted by atomic mass is 35.5. The van der Waals surface area contributed by atoms with Crippen LogP contribution in [0.3, 0.4) is 0 Å². The number of nitrogens with zero attached hydrogens (tertiary/aromatic N) is 6.